The van der Waals surface area contributed by atoms with Gasteiger partial charge in [-0.1, -0.05) is 18.9 Å². The third-order valence-corrected chi connectivity index (χ3v) is 4.58. The molecule has 1 saturated carbocycles. The van der Waals surface area contributed by atoms with Crippen molar-refractivity contribution in [2.75, 3.05) is 0 Å². The molecule has 2 aliphatic carbocycles. The first kappa shape index (κ1) is 14.9. The van der Waals surface area contributed by atoms with Crippen molar-refractivity contribution in [2.24, 2.45) is 11.8 Å². The number of halogens is 3. The van der Waals surface area contributed by atoms with E-state index in [1.165, 1.54) is 0 Å². The molecule has 0 aromatic heterocycles. The molecule has 0 heterocycles. The summed E-state index contributed by atoms with van der Waals surface area (Å²) in [6.07, 6.45) is 4.11. The van der Waals surface area contributed by atoms with Crippen LogP contribution < -0.4 is 0 Å². The lowest BCUT2D eigenvalue weighted by atomic mass is 9.76. The Balaban J connectivity index is 1.98. The summed E-state index contributed by atoms with van der Waals surface area (Å²) in [6, 6.07) is 0. The van der Waals surface area contributed by atoms with Crippen molar-refractivity contribution in [3.05, 3.63) is 11.6 Å². The fourth-order valence-electron chi connectivity index (χ4n) is 3.42. The molecule has 1 fully saturated rings. The highest BCUT2D eigenvalue weighted by Crippen LogP contribution is 2.42. The third kappa shape index (κ3) is 3.98. The van der Waals surface area contributed by atoms with E-state index in [2.05, 4.69) is 6.08 Å². The number of hydrogen-bond donors (Lipinski definition) is 1. The molecule has 110 valence electrons. The Labute approximate surface area is 112 Å². The first-order valence-electron chi connectivity index (χ1n) is 7.42. The Morgan fingerprint density at radius 2 is 1.89 bits per heavy atom. The summed E-state index contributed by atoms with van der Waals surface area (Å²) in [5.74, 6) is -1.42. The van der Waals surface area contributed by atoms with Gasteiger partial charge in [-0.25, -0.2) is 0 Å². The molecule has 2 rings (SSSR count). The van der Waals surface area contributed by atoms with Gasteiger partial charge in [0.2, 0.25) is 0 Å². The van der Waals surface area contributed by atoms with Crippen LogP contribution in [0.15, 0.2) is 11.6 Å². The van der Waals surface area contributed by atoms with Crippen LogP contribution in [0.2, 0.25) is 0 Å². The van der Waals surface area contributed by atoms with E-state index in [9.17, 15) is 18.3 Å². The smallest absolute Gasteiger partial charge is 0.388 e. The van der Waals surface area contributed by atoms with Crippen LogP contribution in [-0.2, 0) is 0 Å². The highest BCUT2D eigenvalue weighted by atomic mass is 19.4. The van der Waals surface area contributed by atoms with Gasteiger partial charge in [-0.15, -0.1) is 0 Å². The number of rotatable bonds is 2. The quantitative estimate of drug-likeness (QED) is 0.730. The number of hydrogen-bond acceptors (Lipinski definition) is 1. The number of alkyl halides is 3. The normalized spacial score (nSPS) is 31.5. The lowest BCUT2D eigenvalue weighted by Crippen LogP contribution is -2.34. The first-order chi connectivity index (χ1) is 8.98. The Hall–Kier alpha value is -0.510. The van der Waals surface area contributed by atoms with Crippen LogP contribution in [0.3, 0.4) is 0 Å². The maximum Gasteiger partial charge on any atom is 0.391 e. The predicted octanol–water partition coefficient (Wildman–Crippen LogP) is 4.61. The van der Waals surface area contributed by atoms with Crippen molar-refractivity contribution >= 4 is 0 Å². The van der Waals surface area contributed by atoms with Crippen LogP contribution >= 0.6 is 0 Å². The largest absolute Gasteiger partial charge is 0.391 e. The fraction of sp³-hybridized carbons (Fsp3) is 0.867. The molecule has 3 unspecified atom stereocenters. The molecule has 0 bridgehead atoms. The monoisotopic (exact) mass is 276 g/mol. The zero-order valence-corrected chi connectivity index (χ0v) is 11.3. The summed E-state index contributed by atoms with van der Waals surface area (Å²) in [5, 5.41) is 10.4. The lowest BCUT2D eigenvalue weighted by molar-refractivity contribution is -0.188. The van der Waals surface area contributed by atoms with Crippen LogP contribution in [0.5, 0.6) is 0 Å². The van der Waals surface area contributed by atoms with Gasteiger partial charge in [-0.3, -0.25) is 0 Å². The topological polar surface area (TPSA) is 20.2 Å². The van der Waals surface area contributed by atoms with Crippen molar-refractivity contribution in [3.8, 4) is 0 Å². The van der Waals surface area contributed by atoms with E-state index in [0.29, 0.717) is 6.42 Å². The highest BCUT2D eigenvalue weighted by Gasteiger charge is 2.43. The predicted molar refractivity (Wildman–Crippen MR) is 68.7 cm³/mol. The number of allylic oxidation sites excluding steroid dienone is 1. The molecule has 4 heteroatoms. The van der Waals surface area contributed by atoms with Gasteiger partial charge in [0.05, 0.1) is 12.0 Å². The molecule has 0 aliphatic heterocycles. The van der Waals surface area contributed by atoms with Gasteiger partial charge in [0.1, 0.15) is 0 Å². The average molecular weight is 276 g/mol. The van der Waals surface area contributed by atoms with Gasteiger partial charge in [-0.05, 0) is 56.4 Å². The summed E-state index contributed by atoms with van der Waals surface area (Å²) < 4.78 is 38.4. The summed E-state index contributed by atoms with van der Waals surface area (Å²) >= 11 is 0. The number of aliphatic hydroxyl groups excluding tert-OH is 1. The van der Waals surface area contributed by atoms with E-state index in [4.69, 9.17) is 0 Å². The summed E-state index contributed by atoms with van der Waals surface area (Å²) in [4.78, 5) is 0. The van der Waals surface area contributed by atoms with Gasteiger partial charge in [-0.2, -0.15) is 13.2 Å². The Morgan fingerprint density at radius 3 is 2.63 bits per heavy atom. The molecule has 19 heavy (non-hydrogen) atoms. The Kier molecular flexibility index (Phi) is 4.93. The maximum absolute atomic E-state index is 12.8. The van der Waals surface area contributed by atoms with Crippen LogP contribution in [-0.4, -0.2) is 17.4 Å². The zero-order chi connectivity index (χ0) is 13.9. The van der Waals surface area contributed by atoms with E-state index in [-0.39, 0.29) is 18.8 Å². The van der Waals surface area contributed by atoms with Crippen LogP contribution in [0.25, 0.3) is 0 Å². The molecular weight excluding hydrogens is 253 g/mol. The minimum absolute atomic E-state index is 0.0992. The van der Waals surface area contributed by atoms with E-state index in [0.717, 1.165) is 44.1 Å². The van der Waals surface area contributed by atoms with E-state index in [1.807, 2.05) is 0 Å². The molecular formula is C15H23F3O. The van der Waals surface area contributed by atoms with Crippen molar-refractivity contribution in [3.63, 3.8) is 0 Å². The molecule has 0 saturated heterocycles. The van der Waals surface area contributed by atoms with E-state index in [1.54, 1.807) is 0 Å². The average Bonchev–Trinajstić information content (AvgIpc) is 2.66. The van der Waals surface area contributed by atoms with Crippen molar-refractivity contribution < 1.29 is 18.3 Å². The van der Waals surface area contributed by atoms with E-state index < -0.39 is 18.2 Å². The molecule has 0 spiro atoms. The fourth-order valence-corrected chi connectivity index (χ4v) is 3.42. The summed E-state index contributed by atoms with van der Waals surface area (Å²) in [5.41, 5.74) is 0.991. The highest BCUT2D eigenvalue weighted by molar-refractivity contribution is 5.11. The van der Waals surface area contributed by atoms with Crippen molar-refractivity contribution in [2.45, 2.75) is 70.1 Å². The van der Waals surface area contributed by atoms with Gasteiger partial charge in [0.25, 0.3) is 0 Å². The van der Waals surface area contributed by atoms with Gasteiger partial charge >= 0.3 is 6.18 Å². The summed E-state index contributed by atoms with van der Waals surface area (Å²) in [6.45, 7) is 0. The molecule has 2 aliphatic rings. The van der Waals surface area contributed by atoms with Gasteiger partial charge in [0, 0.05) is 0 Å². The van der Waals surface area contributed by atoms with E-state index >= 15 is 0 Å². The maximum atomic E-state index is 12.8. The van der Waals surface area contributed by atoms with Gasteiger partial charge in [0.15, 0.2) is 0 Å². The zero-order valence-electron chi connectivity index (χ0n) is 11.3. The molecule has 1 N–H and O–H groups in total. The molecule has 0 aromatic carbocycles. The van der Waals surface area contributed by atoms with Crippen molar-refractivity contribution in [1.82, 2.24) is 0 Å². The summed E-state index contributed by atoms with van der Waals surface area (Å²) in [7, 11) is 0. The van der Waals surface area contributed by atoms with Gasteiger partial charge < -0.3 is 5.11 Å². The second-order valence-electron chi connectivity index (χ2n) is 5.99. The standard InChI is InChI=1S/C15H23F3O/c16-15(17,18)13-9-5-8-12(10-13)14(19)11-6-3-1-2-4-7-11/h6,12-14,19H,1-5,7-10H2. The van der Waals surface area contributed by atoms with Crippen LogP contribution in [0.1, 0.15) is 57.8 Å². The molecule has 3 atom stereocenters. The van der Waals surface area contributed by atoms with Crippen molar-refractivity contribution in [1.29, 1.82) is 0 Å². The second kappa shape index (κ2) is 6.29. The number of aliphatic hydroxyl groups is 1. The minimum atomic E-state index is -4.10. The molecule has 1 nitrogen and oxygen atoms in total. The van der Waals surface area contributed by atoms with Crippen LogP contribution in [0, 0.1) is 11.8 Å². The molecule has 0 radical (unpaired) electrons. The Bertz CT molecular complexity index is 322. The van der Waals surface area contributed by atoms with Crippen LogP contribution in [0.4, 0.5) is 13.2 Å². The second-order valence-corrected chi connectivity index (χ2v) is 5.99. The third-order valence-electron chi connectivity index (χ3n) is 4.58. The molecule has 0 amide bonds. The lowest BCUT2D eigenvalue weighted by Gasteiger charge is -2.34. The Morgan fingerprint density at radius 1 is 1.11 bits per heavy atom. The SMILES string of the molecule is OC(C1=CCCCCC1)C1CCCC(C(F)(F)F)C1. The minimum Gasteiger partial charge on any atom is -0.388 e. The molecule has 0 aromatic rings. The first-order valence-corrected chi connectivity index (χ1v) is 7.42.